The lowest BCUT2D eigenvalue weighted by Crippen LogP contribution is -2.39. The minimum absolute atomic E-state index is 0. The minimum atomic E-state index is -0.318. The maximum absolute atomic E-state index is 10.7. The minimum Gasteiger partial charge on any atom is -0.507 e. The third-order valence-electron chi connectivity index (χ3n) is 9.07. The van der Waals surface area contributed by atoms with Gasteiger partial charge < -0.3 is 24.4 Å². The van der Waals surface area contributed by atoms with Gasteiger partial charge in [0.25, 0.3) is 0 Å². The molecule has 0 radical (unpaired) electrons. The fraction of sp³-hybridized carbons (Fsp3) is 0.412. The first-order valence-electron chi connectivity index (χ1n) is 14.1. The van der Waals surface area contributed by atoms with E-state index in [-0.39, 0.29) is 23.6 Å². The summed E-state index contributed by atoms with van der Waals surface area (Å²) < 4.78 is 19.5. The highest BCUT2D eigenvalue weighted by Gasteiger charge is 2.36. The number of phenolic OH excluding ortho intramolecular Hbond substituents is 2. The summed E-state index contributed by atoms with van der Waals surface area (Å²) in [6.07, 6.45) is 5.13. The third-order valence-corrected chi connectivity index (χ3v) is 9.07. The predicted molar refractivity (Wildman–Crippen MR) is 163 cm³/mol. The number of halogens is 1. The summed E-state index contributed by atoms with van der Waals surface area (Å²) in [5, 5.41) is 25.0. The summed E-state index contributed by atoms with van der Waals surface area (Å²) in [7, 11) is 0. The molecule has 40 heavy (non-hydrogen) atoms. The van der Waals surface area contributed by atoms with Crippen LogP contribution in [0.4, 0.5) is 0 Å². The molecule has 2 heterocycles. The molecule has 6 heteroatoms. The van der Waals surface area contributed by atoms with Gasteiger partial charge in [0.05, 0.1) is 13.2 Å². The Labute approximate surface area is 242 Å². The van der Waals surface area contributed by atoms with Crippen molar-refractivity contribution in [3.63, 3.8) is 0 Å². The summed E-state index contributed by atoms with van der Waals surface area (Å²) in [6.45, 7) is 9.53. The average Bonchev–Trinajstić information content (AvgIpc) is 2.94. The number of hydrogen-bond acceptors (Lipinski definition) is 5. The fourth-order valence-electron chi connectivity index (χ4n) is 6.37. The molecular weight excluding hydrogens is 524 g/mol. The highest BCUT2D eigenvalue weighted by atomic mass is 35.5. The van der Waals surface area contributed by atoms with Crippen molar-refractivity contribution in [1.29, 1.82) is 0 Å². The van der Waals surface area contributed by atoms with E-state index in [1.54, 1.807) is 0 Å². The van der Waals surface area contributed by atoms with Crippen LogP contribution in [-0.2, 0) is 17.6 Å². The molecule has 0 saturated carbocycles. The van der Waals surface area contributed by atoms with E-state index in [1.807, 2.05) is 62.4 Å². The Hall–Kier alpha value is -3.15. The summed E-state index contributed by atoms with van der Waals surface area (Å²) in [5.74, 6) is 2.54. The van der Waals surface area contributed by atoms with Crippen LogP contribution in [0.1, 0.15) is 61.8 Å². The summed E-state index contributed by atoms with van der Waals surface area (Å²) >= 11 is 0. The first-order chi connectivity index (χ1) is 18.7. The SMILES string of the molecule is Cc1c2c(c3ccccc3c1O)OC(C)(CCOCCC1(C)CCc3c(C)c(O)c4ccccc4c3O1)CC2.Cl. The van der Waals surface area contributed by atoms with Crippen LogP contribution in [0.2, 0.25) is 0 Å². The second-order valence-electron chi connectivity index (χ2n) is 11.9. The van der Waals surface area contributed by atoms with Crippen LogP contribution in [0.25, 0.3) is 21.5 Å². The van der Waals surface area contributed by atoms with E-state index in [2.05, 4.69) is 13.8 Å². The van der Waals surface area contributed by atoms with Crippen molar-refractivity contribution in [3.05, 3.63) is 70.8 Å². The van der Waals surface area contributed by atoms with Gasteiger partial charge in [-0.25, -0.2) is 0 Å². The Kier molecular flexibility index (Phi) is 7.58. The van der Waals surface area contributed by atoms with E-state index in [0.717, 1.165) is 93.8 Å². The molecule has 2 unspecified atom stereocenters. The van der Waals surface area contributed by atoms with Gasteiger partial charge in [-0.15, -0.1) is 12.4 Å². The molecule has 5 nitrogen and oxygen atoms in total. The number of ether oxygens (including phenoxy) is 3. The Bertz CT molecular complexity index is 1460. The van der Waals surface area contributed by atoms with Gasteiger partial charge in [-0.05, 0) is 64.5 Å². The van der Waals surface area contributed by atoms with Crippen LogP contribution in [0.15, 0.2) is 48.5 Å². The van der Waals surface area contributed by atoms with Gasteiger partial charge in [0, 0.05) is 45.5 Å². The Balaban J connectivity index is 0.00000323. The van der Waals surface area contributed by atoms with Gasteiger partial charge in [-0.2, -0.15) is 0 Å². The van der Waals surface area contributed by atoms with E-state index in [4.69, 9.17) is 14.2 Å². The zero-order valence-corrected chi connectivity index (χ0v) is 24.6. The van der Waals surface area contributed by atoms with Crippen LogP contribution in [0.5, 0.6) is 23.0 Å². The van der Waals surface area contributed by atoms with Crippen molar-refractivity contribution in [3.8, 4) is 23.0 Å². The van der Waals surface area contributed by atoms with Gasteiger partial charge >= 0.3 is 0 Å². The molecule has 0 bridgehead atoms. The number of benzene rings is 4. The largest absolute Gasteiger partial charge is 0.507 e. The molecule has 0 aromatic heterocycles. The van der Waals surface area contributed by atoms with Gasteiger partial charge in [0.15, 0.2) is 0 Å². The number of rotatable bonds is 6. The van der Waals surface area contributed by atoms with E-state index in [1.165, 1.54) is 0 Å². The predicted octanol–water partition coefficient (Wildman–Crippen LogP) is 8.11. The molecule has 2 atom stereocenters. The maximum Gasteiger partial charge on any atom is 0.131 e. The van der Waals surface area contributed by atoms with Crippen LogP contribution >= 0.6 is 12.4 Å². The summed E-state index contributed by atoms with van der Waals surface area (Å²) in [4.78, 5) is 0. The van der Waals surface area contributed by atoms with Crippen LogP contribution in [0, 0.1) is 13.8 Å². The standard InChI is InChI=1S/C34H38O5.ClH/c1-21-23-13-15-33(3,38-31(23)27-11-7-5-9-25(27)29(21)35)17-19-37-20-18-34(4)16-14-24-22(2)30(36)26-10-6-8-12-28(26)32(24)39-34;/h5-12,35-36H,13-20H2,1-4H3;1H. The van der Waals surface area contributed by atoms with E-state index in [9.17, 15) is 10.2 Å². The molecule has 2 aliphatic heterocycles. The van der Waals surface area contributed by atoms with Crippen molar-refractivity contribution < 1.29 is 24.4 Å². The summed E-state index contributed by atoms with van der Waals surface area (Å²) in [6, 6.07) is 15.9. The monoisotopic (exact) mass is 562 g/mol. The first kappa shape index (κ1) is 28.4. The lowest BCUT2D eigenvalue weighted by molar-refractivity contribution is -0.00418. The number of aromatic hydroxyl groups is 2. The van der Waals surface area contributed by atoms with Crippen LogP contribution < -0.4 is 9.47 Å². The molecule has 0 spiro atoms. The van der Waals surface area contributed by atoms with Crippen molar-refractivity contribution in [2.45, 2.75) is 77.4 Å². The van der Waals surface area contributed by atoms with Gasteiger partial charge in [-0.1, -0.05) is 48.5 Å². The third kappa shape index (κ3) is 4.84. The molecule has 4 aromatic rings. The number of hydrogen-bond donors (Lipinski definition) is 2. The van der Waals surface area contributed by atoms with Gasteiger partial charge in [0.1, 0.15) is 34.2 Å². The van der Waals surface area contributed by atoms with Gasteiger partial charge in [-0.3, -0.25) is 0 Å². The lowest BCUT2D eigenvalue weighted by Gasteiger charge is -2.38. The molecule has 6 rings (SSSR count). The maximum atomic E-state index is 10.7. The Morgan fingerprint density at radius 1 is 0.675 bits per heavy atom. The molecule has 4 aromatic carbocycles. The van der Waals surface area contributed by atoms with Crippen molar-refractivity contribution in [2.24, 2.45) is 0 Å². The zero-order valence-electron chi connectivity index (χ0n) is 23.8. The number of phenols is 2. The molecule has 0 amide bonds. The smallest absolute Gasteiger partial charge is 0.131 e. The molecule has 0 saturated heterocycles. The molecule has 2 N–H and O–H groups in total. The molecule has 0 aliphatic carbocycles. The summed E-state index contributed by atoms with van der Waals surface area (Å²) in [5.41, 5.74) is 3.43. The normalized spacial score (nSPS) is 21.7. The Morgan fingerprint density at radius 2 is 1.05 bits per heavy atom. The van der Waals surface area contributed by atoms with Gasteiger partial charge in [0.2, 0.25) is 0 Å². The van der Waals surface area contributed by atoms with E-state index >= 15 is 0 Å². The van der Waals surface area contributed by atoms with Crippen LogP contribution in [0.3, 0.4) is 0 Å². The van der Waals surface area contributed by atoms with Crippen molar-refractivity contribution >= 4 is 34.0 Å². The average molecular weight is 563 g/mol. The number of fused-ring (bicyclic) bond motifs is 6. The second kappa shape index (κ2) is 10.7. The van der Waals surface area contributed by atoms with Crippen LogP contribution in [-0.4, -0.2) is 34.6 Å². The molecular formula is C34H39ClO5. The first-order valence-corrected chi connectivity index (χ1v) is 14.1. The van der Waals surface area contributed by atoms with E-state index < -0.39 is 0 Å². The van der Waals surface area contributed by atoms with Crippen molar-refractivity contribution in [2.75, 3.05) is 13.2 Å². The van der Waals surface area contributed by atoms with E-state index in [0.29, 0.717) is 24.7 Å². The molecule has 0 fully saturated rings. The zero-order chi connectivity index (χ0) is 27.4. The molecule has 212 valence electrons. The highest BCUT2D eigenvalue weighted by molar-refractivity contribution is 5.96. The lowest BCUT2D eigenvalue weighted by atomic mass is 9.86. The second-order valence-corrected chi connectivity index (χ2v) is 11.9. The fourth-order valence-corrected chi connectivity index (χ4v) is 6.37. The van der Waals surface area contributed by atoms with Crippen molar-refractivity contribution in [1.82, 2.24) is 0 Å². The Morgan fingerprint density at radius 3 is 1.45 bits per heavy atom. The molecule has 2 aliphatic rings. The quantitative estimate of drug-likeness (QED) is 0.232. The topological polar surface area (TPSA) is 68.2 Å². The highest BCUT2D eigenvalue weighted by Crippen LogP contribution is 2.47.